The molecule has 0 radical (unpaired) electrons. The van der Waals surface area contributed by atoms with E-state index in [9.17, 15) is 27.9 Å². The lowest BCUT2D eigenvalue weighted by Crippen LogP contribution is -2.46. The van der Waals surface area contributed by atoms with Crippen molar-refractivity contribution >= 4 is 33.9 Å². The number of aldehydes is 1. The smallest absolute Gasteiger partial charge is 0.414 e. The Morgan fingerprint density at radius 2 is 2.00 bits per heavy atom. The standard InChI is InChI=1S/C17H21NO7S/c1-17(15(20)21,26(2,23)24)10-14-11-18(16(22)25-14)13-7-5-12(6-8-13)4-3-9-19/h5-9,14H,3-4,10-11H2,1-2H3,(H,20,21)/t14-,17+/m0/s1. The number of sulfone groups is 1. The number of aliphatic carboxylic acids is 1. The van der Waals surface area contributed by atoms with E-state index in [1.54, 1.807) is 24.3 Å². The van der Waals surface area contributed by atoms with Crippen molar-refractivity contribution in [1.82, 2.24) is 0 Å². The number of amides is 1. The zero-order valence-corrected chi connectivity index (χ0v) is 15.4. The molecule has 1 N–H and O–H groups in total. The first-order chi connectivity index (χ1) is 12.1. The number of carbonyl (C=O) groups excluding carboxylic acids is 2. The largest absolute Gasteiger partial charge is 0.480 e. The van der Waals surface area contributed by atoms with Gasteiger partial charge in [-0.2, -0.15) is 0 Å². The maximum atomic E-state index is 12.1. The first-order valence-corrected chi connectivity index (χ1v) is 9.91. The van der Waals surface area contributed by atoms with Crippen LogP contribution in [-0.2, 0) is 30.6 Å². The van der Waals surface area contributed by atoms with Crippen LogP contribution >= 0.6 is 0 Å². The Labute approximate surface area is 151 Å². The minimum absolute atomic E-state index is 0.0604. The molecule has 0 bridgehead atoms. The predicted molar refractivity (Wildman–Crippen MR) is 93.9 cm³/mol. The molecule has 1 heterocycles. The van der Waals surface area contributed by atoms with Gasteiger partial charge in [0.2, 0.25) is 0 Å². The number of cyclic esters (lactones) is 1. The average Bonchev–Trinajstić information content (AvgIpc) is 2.92. The van der Waals surface area contributed by atoms with Gasteiger partial charge < -0.3 is 14.6 Å². The molecule has 0 spiro atoms. The fraction of sp³-hybridized carbons (Fsp3) is 0.471. The SMILES string of the molecule is C[C@@](C[C@H]1CN(c2ccc(CCC=O)cc2)C(=O)O1)(C(=O)O)S(C)(=O)=O. The van der Waals surface area contributed by atoms with Crippen LogP contribution in [0.3, 0.4) is 0 Å². The second-order valence-corrected chi connectivity index (χ2v) is 8.95. The highest BCUT2D eigenvalue weighted by atomic mass is 32.2. The molecular weight excluding hydrogens is 362 g/mol. The number of ether oxygens (including phenoxy) is 1. The van der Waals surface area contributed by atoms with Gasteiger partial charge in [0.1, 0.15) is 12.4 Å². The van der Waals surface area contributed by atoms with E-state index >= 15 is 0 Å². The molecule has 1 aromatic carbocycles. The van der Waals surface area contributed by atoms with E-state index in [1.807, 2.05) is 0 Å². The van der Waals surface area contributed by atoms with Crippen molar-refractivity contribution < 1.29 is 32.6 Å². The van der Waals surface area contributed by atoms with Crippen LogP contribution in [0.5, 0.6) is 0 Å². The fourth-order valence-corrected chi connectivity index (χ4v) is 3.54. The van der Waals surface area contributed by atoms with Crippen LogP contribution in [0.2, 0.25) is 0 Å². The molecule has 9 heteroatoms. The molecule has 0 unspecified atom stereocenters. The summed E-state index contributed by atoms with van der Waals surface area (Å²) in [6, 6.07) is 6.99. The minimum atomic E-state index is -3.90. The molecule has 142 valence electrons. The Kier molecular flexibility index (Phi) is 5.70. The zero-order chi connectivity index (χ0) is 19.5. The molecule has 0 aromatic heterocycles. The van der Waals surface area contributed by atoms with E-state index < -0.39 is 32.8 Å². The minimum Gasteiger partial charge on any atom is -0.480 e. The van der Waals surface area contributed by atoms with Gasteiger partial charge in [0.25, 0.3) is 0 Å². The summed E-state index contributed by atoms with van der Waals surface area (Å²) in [6.07, 6.45) is 0.853. The second kappa shape index (κ2) is 7.45. The highest BCUT2D eigenvalue weighted by molar-refractivity contribution is 7.92. The lowest BCUT2D eigenvalue weighted by Gasteiger charge is -2.24. The number of nitrogens with zero attached hydrogens (tertiary/aromatic N) is 1. The lowest BCUT2D eigenvalue weighted by atomic mass is 10.0. The summed E-state index contributed by atoms with van der Waals surface area (Å²) in [4.78, 5) is 35.3. The number of carboxylic acid groups (broad SMARTS) is 1. The molecule has 2 rings (SSSR count). The lowest BCUT2D eigenvalue weighted by molar-refractivity contribution is -0.140. The monoisotopic (exact) mass is 383 g/mol. The Morgan fingerprint density at radius 3 is 2.50 bits per heavy atom. The van der Waals surface area contributed by atoms with Crippen LogP contribution in [0.25, 0.3) is 0 Å². The van der Waals surface area contributed by atoms with Crippen molar-refractivity contribution in [3.8, 4) is 0 Å². The molecule has 1 aromatic rings. The fourth-order valence-electron chi connectivity index (χ4n) is 2.74. The number of carbonyl (C=O) groups is 3. The topological polar surface area (TPSA) is 118 Å². The zero-order valence-electron chi connectivity index (χ0n) is 14.5. The van der Waals surface area contributed by atoms with E-state index in [4.69, 9.17) is 4.74 Å². The number of hydrogen-bond donors (Lipinski definition) is 1. The van der Waals surface area contributed by atoms with Gasteiger partial charge in [-0.1, -0.05) is 12.1 Å². The summed E-state index contributed by atoms with van der Waals surface area (Å²) in [5, 5.41) is 9.32. The number of anilines is 1. The van der Waals surface area contributed by atoms with Gasteiger partial charge >= 0.3 is 12.1 Å². The van der Waals surface area contributed by atoms with Crippen molar-refractivity contribution in [2.75, 3.05) is 17.7 Å². The van der Waals surface area contributed by atoms with Crippen LogP contribution < -0.4 is 4.90 Å². The Hall–Kier alpha value is -2.42. The Balaban J connectivity index is 2.13. The molecule has 26 heavy (non-hydrogen) atoms. The molecule has 0 aliphatic carbocycles. The normalized spacial score (nSPS) is 19.7. The summed E-state index contributed by atoms with van der Waals surface area (Å²) in [7, 11) is -3.90. The van der Waals surface area contributed by atoms with Crippen molar-refractivity contribution in [1.29, 1.82) is 0 Å². The molecule has 1 aliphatic heterocycles. The second-order valence-electron chi connectivity index (χ2n) is 6.50. The van der Waals surface area contributed by atoms with Crippen LogP contribution in [-0.4, -0.2) is 55.5 Å². The number of benzene rings is 1. The maximum Gasteiger partial charge on any atom is 0.414 e. The third-order valence-corrected chi connectivity index (χ3v) is 6.54. The number of hydrogen-bond acceptors (Lipinski definition) is 6. The highest BCUT2D eigenvalue weighted by Crippen LogP contribution is 2.30. The van der Waals surface area contributed by atoms with Crippen molar-refractivity contribution in [2.24, 2.45) is 0 Å². The first kappa shape index (κ1) is 19.9. The predicted octanol–water partition coefficient (Wildman–Crippen LogP) is 1.42. The average molecular weight is 383 g/mol. The van der Waals surface area contributed by atoms with Crippen LogP contribution in [0.1, 0.15) is 25.3 Å². The van der Waals surface area contributed by atoms with Crippen LogP contribution in [0.15, 0.2) is 24.3 Å². The number of aryl methyl sites for hydroxylation is 1. The summed E-state index contributed by atoms with van der Waals surface area (Å²) in [5.41, 5.74) is 1.50. The third kappa shape index (κ3) is 4.04. The summed E-state index contributed by atoms with van der Waals surface area (Å²) < 4.78 is 26.9. The Bertz CT molecular complexity index is 803. The van der Waals surface area contributed by atoms with Gasteiger partial charge in [-0.05, 0) is 31.0 Å². The van der Waals surface area contributed by atoms with Gasteiger partial charge in [-0.25, -0.2) is 13.2 Å². The van der Waals surface area contributed by atoms with Gasteiger partial charge in [-0.3, -0.25) is 9.69 Å². The van der Waals surface area contributed by atoms with Crippen LogP contribution in [0, 0.1) is 0 Å². The van der Waals surface area contributed by atoms with Gasteiger partial charge in [0, 0.05) is 24.8 Å². The van der Waals surface area contributed by atoms with Crippen molar-refractivity contribution in [3.05, 3.63) is 29.8 Å². The van der Waals surface area contributed by atoms with Gasteiger partial charge in [-0.15, -0.1) is 0 Å². The summed E-state index contributed by atoms with van der Waals surface area (Å²) in [5.74, 6) is -1.48. The van der Waals surface area contributed by atoms with E-state index in [2.05, 4.69) is 0 Å². The number of rotatable bonds is 8. The number of carboxylic acids is 1. The quantitative estimate of drug-likeness (QED) is 0.675. The van der Waals surface area contributed by atoms with Gasteiger partial charge in [0.15, 0.2) is 14.6 Å². The van der Waals surface area contributed by atoms with Crippen molar-refractivity contribution in [3.63, 3.8) is 0 Å². The van der Waals surface area contributed by atoms with E-state index in [0.717, 1.165) is 25.0 Å². The first-order valence-electron chi connectivity index (χ1n) is 8.02. The molecule has 8 nitrogen and oxygen atoms in total. The molecule has 1 amide bonds. The molecule has 1 aliphatic rings. The molecular formula is C17H21NO7S. The summed E-state index contributed by atoms with van der Waals surface area (Å²) >= 11 is 0. The van der Waals surface area contributed by atoms with E-state index in [0.29, 0.717) is 18.5 Å². The molecule has 1 fully saturated rings. The molecule has 1 saturated heterocycles. The van der Waals surface area contributed by atoms with Crippen LogP contribution in [0.4, 0.5) is 10.5 Å². The summed E-state index contributed by atoms with van der Waals surface area (Å²) in [6.45, 7) is 1.17. The molecule has 0 saturated carbocycles. The van der Waals surface area contributed by atoms with E-state index in [-0.39, 0.29) is 13.0 Å². The molecule has 2 atom stereocenters. The highest BCUT2D eigenvalue weighted by Gasteiger charge is 2.48. The maximum absolute atomic E-state index is 12.1. The Morgan fingerprint density at radius 1 is 1.38 bits per heavy atom. The van der Waals surface area contributed by atoms with Crippen molar-refractivity contribution in [2.45, 2.75) is 37.0 Å². The van der Waals surface area contributed by atoms with Gasteiger partial charge in [0.05, 0.1) is 6.54 Å². The van der Waals surface area contributed by atoms with E-state index in [1.165, 1.54) is 4.90 Å². The third-order valence-electron chi connectivity index (χ3n) is 4.56.